The van der Waals surface area contributed by atoms with E-state index in [-0.39, 0.29) is 0 Å². The maximum absolute atomic E-state index is 5.47. The zero-order chi connectivity index (χ0) is 12.3. The number of ether oxygens (including phenoxy) is 2. The normalized spacial score (nSPS) is 10.2. The first-order valence-electron chi connectivity index (χ1n) is 5.15. The fourth-order valence-electron chi connectivity index (χ4n) is 1.63. The summed E-state index contributed by atoms with van der Waals surface area (Å²) < 4.78 is 15.3. The van der Waals surface area contributed by atoms with Gasteiger partial charge in [-0.3, -0.25) is 0 Å². The number of nitrogen functional groups attached to an aromatic ring is 1. The van der Waals surface area contributed by atoms with Gasteiger partial charge >= 0.3 is 0 Å². The Labute approximate surface area is 99.1 Å². The van der Waals surface area contributed by atoms with Gasteiger partial charge < -0.3 is 19.7 Å². The van der Waals surface area contributed by atoms with Crippen LogP contribution in [-0.2, 0) is 6.42 Å². The molecule has 17 heavy (non-hydrogen) atoms. The highest BCUT2D eigenvalue weighted by Gasteiger charge is 2.09. The zero-order valence-corrected chi connectivity index (χ0v) is 9.77. The maximum Gasteiger partial charge on any atom is 0.222 e. The van der Waals surface area contributed by atoms with Gasteiger partial charge in [0.05, 0.1) is 19.9 Å². The molecule has 0 saturated heterocycles. The van der Waals surface area contributed by atoms with Gasteiger partial charge in [-0.25, -0.2) is 0 Å². The number of aromatic nitrogens is 1. The smallest absolute Gasteiger partial charge is 0.222 e. The van der Waals surface area contributed by atoms with Crippen molar-refractivity contribution in [3.8, 4) is 11.5 Å². The third-order valence-electron chi connectivity index (χ3n) is 2.44. The van der Waals surface area contributed by atoms with Gasteiger partial charge in [-0.1, -0.05) is 5.16 Å². The molecular weight excluding hydrogens is 220 g/mol. The first kappa shape index (κ1) is 11.3. The predicted molar refractivity (Wildman–Crippen MR) is 63.3 cm³/mol. The number of benzene rings is 1. The van der Waals surface area contributed by atoms with Crippen LogP contribution in [0.25, 0.3) is 0 Å². The van der Waals surface area contributed by atoms with Crippen molar-refractivity contribution in [1.82, 2.24) is 5.16 Å². The third kappa shape index (κ3) is 2.50. The minimum absolute atomic E-state index is 0.307. The number of hydrogen-bond donors (Lipinski definition) is 1. The summed E-state index contributed by atoms with van der Waals surface area (Å²) in [7, 11) is 3.25. The summed E-state index contributed by atoms with van der Waals surface area (Å²) in [6.45, 7) is 0. The summed E-state index contributed by atoms with van der Waals surface area (Å²) in [5.41, 5.74) is 7.20. The molecule has 0 unspecified atom stereocenters. The van der Waals surface area contributed by atoms with Crippen LogP contribution in [0.4, 0.5) is 5.88 Å². The quantitative estimate of drug-likeness (QED) is 0.874. The monoisotopic (exact) mass is 234 g/mol. The van der Waals surface area contributed by atoms with E-state index in [2.05, 4.69) is 5.16 Å². The molecule has 1 aromatic carbocycles. The summed E-state index contributed by atoms with van der Waals surface area (Å²) in [4.78, 5) is 0. The minimum atomic E-state index is 0.307. The van der Waals surface area contributed by atoms with Gasteiger partial charge in [0.1, 0.15) is 11.5 Å². The maximum atomic E-state index is 5.47. The number of anilines is 1. The van der Waals surface area contributed by atoms with E-state index in [1.165, 1.54) is 0 Å². The van der Waals surface area contributed by atoms with Crippen molar-refractivity contribution in [3.63, 3.8) is 0 Å². The molecule has 1 aromatic heterocycles. The molecule has 2 aromatic rings. The lowest BCUT2D eigenvalue weighted by Gasteiger charge is -2.08. The van der Waals surface area contributed by atoms with Crippen LogP contribution in [0.3, 0.4) is 0 Å². The molecule has 0 spiro atoms. The number of rotatable bonds is 4. The SMILES string of the molecule is COc1ccc(OC)c(Cc2cc(N)on2)c1. The number of nitrogens with zero attached hydrogens (tertiary/aromatic N) is 1. The van der Waals surface area contributed by atoms with E-state index in [0.29, 0.717) is 12.3 Å². The molecule has 1 heterocycles. The van der Waals surface area contributed by atoms with E-state index < -0.39 is 0 Å². The van der Waals surface area contributed by atoms with Crippen molar-refractivity contribution in [2.45, 2.75) is 6.42 Å². The fourth-order valence-corrected chi connectivity index (χ4v) is 1.63. The second-order valence-corrected chi connectivity index (χ2v) is 3.58. The molecule has 0 aliphatic rings. The average Bonchev–Trinajstić information content (AvgIpc) is 2.74. The summed E-state index contributed by atoms with van der Waals surface area (Å²) in [6, 6.07) is 7.31. The van der Waals surface area contributed by atoms with Crippen LogP contribution in [0.15, 0.2) is 28.8 Å². The highest BCUT2D eigenvalue weighted by molar-refractivity contribution is 5.42. The number of nitrogens with two attached hydrogens (primary N) is 1. The molecule has 5 heteroatoms. The number of hydrogen-bond acceptors (Lipinski definition) is 5. The molecule has 0 saturated carbocycles. The molecule has 0 fully saturated rings. The summed E-state index contributed by atoms with van der Waals surface area (Å²) in [5, 5.41) is 3.85. The molecule has 2 N–H and O–H groups in total. The molecule has 0 bridgehead atoms. The fraction of sp³-hybridized carbons (Fsp3) is 0.250. The largest absolute Gasteiger partial charge is 0.497 e. The summed E-state index contributed by atoms with van der Waals surface area (Å²) >= 11 is 0. The highest BCUT2D eigenvalue weighted by Crippen LogP contribution is 2.26. The first-order valence-corrected chi connectivity index (χ1v) is 5.15. The summed E-state index contributed by atoms with van der Waals surface area (Å²) in [6.07, 6.45) is 0.584. The molecule has 0 aliphatic carbocycles. The Hall–Kier alpha value is -2.17. The van der Waals surface area contributed by atoms with E-state index in [4.69, 9.17) is 19.7 Å². The van der Waals surface area contributed by atoms with E-state index in [1.54, 1.807) is 20.3 Å². The van der Waals surface area contributed by atoms with Gasteiger partial charge in [0, 0.05) is 18.1 Å². The standard InChI is InChI=1S/C12H14N2O3/c1-15-10-3-4-11(16-2)8(6-10)5-9-7-12(13)17-14-9/h3-4,6-7H,5,13H2,1-2H3. The molecule has 0 amide bonds. The van der Waals surface area contributed by atoms with Crippen molar-refractivity contribution in [2.24, 2.45) is 0 Å². The molecule has 0 aliphatic heterocycles. The van der Waals surface area contributed by atoms with Gasteiger partial charge in [-0.05, 0) is 18.2 Å². The Balaban J connectivity index is 2.29. The Kier molecular flexibility index (Phi) is 3.18. The Morgan fingerprint density at radius 1 is 1.24 bits per heavy atom. The second kappa shape index (κ2) is 4.78. The van der Waals surface area contributed by atoms with E-state index in [1.807, 2.05) is 18.2 Å². The highest BCUT2D eigenvalue weighted by atomic mass is 16.5. The Morgan fingerprint density at radius 3 is 2.65 bits per heavy atom. The number of methoxy groups -OCH3 is 2. The third-order valence-corrected chi connectivity index (χ3v) is 2.44. The van der Waals surface area contributed by atoms with Crippen molar-refractivity contribution in [1.29, 1.82) is 0 Å². The Morgan fingerprint density at radius 2 is 2.06 bits per heavy atom. The summed E-state index contributed by atoms with van der Waals surface area (Å²) in [5.74, 6) is 1.87. The van der Waals surface area contributed by atoms with Gasteiger partial charge in [-0.15, -0.1) is 0 Å². The van der Waals surface area contributed by atoms with Crippen LogP contribution in [-0.4, -0.2) is 19.4 Å². The van der Waals surface area contributed by atoms with Crippen LogP contribution in [0.5, 0.6) is 11.5 Å². The van der Waals surface area contributed by atoms with Crippen LogP contribution in [0.1, 0.15) is 11.3 Å². The molecule has 90 valence electrons. The van der Waals surface area contributed by atoms with Crippen molar-refractivity contribution in [3.05, 3.63) is 35.5 Å². The van der Waals surface area contributed by atoms with Crippen LogP contribution in [0, 0.1) is 0 Å². The van der Waals surface area contributed by atoms with Crippen molar-refractivity contribution in [2.75, 3.05) is 20.0 Å². The lowest BCUT2D eigenvalue weighted by molar-refractivity contribution is 0.398. The predicted octanol–water partition coefficient (Wildman–Crippen LogP) is 1.86. The molecule has 5 nitrogen and oxygen atoms in total. The van der Waals surface area contributed by atoms with Gasteiger partial charge in [0.2, 0.25) is 5.88 Å². The second-order valence-electron chi connectivity index (χ2n) is 3.58. The van der Waals surface area contributed by atoms with E-state index >= 15 is 0 Å². The topological polar surface area (TPSA) is 70.5 Å². The van der Waals surface area contributed by atoms with Gasteiger partial charge in [0.25, 0.3) is 0 Å². The minimum Gasteiger partial charge on any atom is -0.497 e. The molecule has 0 radical (unpaired) electrons. The van der Waals surface area contributed by atoms with Gasteiger partial charge in [0.15, 0.2) is 0 Å². The van der Waals surface area contributed by atoms with E-state index in [0.717, 1.165) is 22.8 Å². The zero-order valence-electron chi connectivity index (χ0n) is 9.77. The Bertz CT molecular complexity index is 508. The van der Waals surface area contributed by atoms with Gasteiger partial charge in [-0.2, -0.15) is 0 Å². The van der Waals surface area contributed by atoms with Crippen molar-refractivity contribution >= 4 is 5.88 Å². The molecular formula is C12H14N2O3. The average molecular weight is 234 g/mol. The van der Waals surface area contributed by atoms with Crippen molar-refractivity contribution < 1.29 is 14.0 Å². The molecule has 0 atom stereocenters. The molecule has 2 rings (SSSR count). The van der Waals surface area contributed by atoms with E-state index in [9.17, 15) is 0 Å². The van der Waals surface area contributed by atoms with Crippen LogP contribution in [0.2, 0.25) is 0 Å². The van der Waals surface area contributed by atoms with Crippen LogP contribution >= 0.6 is 0 Å². The lowest BCUT2D eigenvalue weighted by atomic mass is 10.1. The van der Waals surface area contributed by atoms with Crippen LogP contribution < -0.4 is 15.2 Å². The lowest BCUT2D eigenvalue weighted by Crippen LogP contribution is -1.95. The first-order chi connectivity index (χ1) is 8.22.